The van der Waals surface area contributed by atoms with Crippen LogP contribution in [-0.2, 0) is 14.3 Å². The lowest BCUT2D eigenvalue weighted by atomic mass is 9.78. The first-order valence-corrected chi connectivity index (χ1v) is 7.72. The molecule has 2 heterocycles. The number of benzene rings is 1. The number of carboxylic acids is 1. The molecule has 112 valence electrons. The number of fused-ring (bicyclic) bond motifs is 2. The van der Waals surface area contributed by atoms with Crippen LogP contribution in [0.2, 0.25) is 0 Å². The molecule has 2 fully saturated rings. The third-order valence-corrected chi connectivity index (χ3v) is 4.90. The number of carbonyl (C=O) groups is 2. The van der Waals surface area contributed by atoms with Gasteiger partial charge in [0, 0.05) is 4.47 Å². The van der Waals surface area contributed by atoms with Gasteiger partial charge in [-0.3, -0.25) is 9.59 Å². The highest BCUT2D eigenvalue weighted by Gasteiger charge is 2.55. The number of aliphatic carboxylic acids is 1. The number of nitrogens with one attached hydrogen (secondary N) is 1. The van der Waals surface area contributed by atoms with E-state index in [0.29, 0.717) is 5.69 Å². The van der Waals surface area contributed by atoms with Gasteiger partial charge >= 0.3 is 5.97 Å². The Morgan fingerprint density at radius 1 is 1.29 bits per heavy atom. The summed E-state index contributed by atoms with van der Waals surface area (Å²) in [6.45, 7) is 1.96. The Balaban J connectivity index is 1.80. The summed E-state index contributed by atoms with van der Waals surface area (Å²) in [5, 5.41) is 12.2. The minimum atomic E-state index is -0.953. The van der Waals surface area contributed by atoms with E-state index in [0.717, 1.165) is 22.9 Å². The van der Waals surface area contributed by atoms with Gasteiger partial charge in [0.2, 0.25) is 5.91 Å². The quantitative estimate of drug-likeness (QED) is 0.875. The molecule has 5 nitrogen and oxygen atoms in total. The predicted octanol–water partition coefficient (Wildman–Crippen LogP) is 2.57. The summed E-state index contributed by atoms with van der Waals surface area (Å²) in [6.07, 6.45) is 0.867. The van der Waals surface area contributed by atoms with Gasteiger partial charge in [0.05, 0.1) is 29.7 Å². The van der Waals surface area contributed by atoms with E-state index in [1.165, 1.54) is 0 Å². The Labute approximate surface area is 130 Å². The van der Waals surface area contributed by atoms with E-state index in [9.17, 15) is 14.7 Å². The highest BCUT2D eigenvalue weighted by molar-refractivity contribution is 9.10. The van der Waals surface area contributed by atoms with Crippen LogP contribution in [0.25, 0.3) is 0 Å². The standard InChI is InChI=1S/C15H16BrNO4/c1-7-2-3-9(8(16)6-7)17-14(18)12-10-4-5-11(21-10)13(12)15(19)20/h2-3,6,10-13H,4-5H2,1H3,(H,17,18)(H,19,20)/t10-,11-,12+,13-/m0/s1. The fraction of sp³-hybridized carbons (Fsp3) is 0.467. The van der Waals surface area contributed by atoms with E-state index in [1.54, 1.807) is 6.07 Å². The number of rotatable bonds is 3. The highest BCUT2D eigenvalue weighted by Crippen LogP contribution is 2.44. The monoisotopic (exact) mass is 353 g/mol. The van der Waals surface area contributed by atoms with Crippen molar-refractivity contribution in [1.29, 1.82) is 0 Å². The second-order valence-electron chi connectivity index (χ2n) is 5.65. The van der Waals surface area contributed by atoms with Gasteiger partial charge in [-0.25, -0.2) is 0 Å². The van der Waals surface area contributed by atoms with Crippen LogP contribution in [-0.4, -0.2) is 29.2 Å². The van der Waals surface area contributed by atoms with Gasteiger partial charge < -0.3 is 15.2 Å². The molecule has 2 saturated heterocycles. The molecule has 0 spiro atoms. The zero-order valence-electron chi connectivity index (χ0n) is 11.5. The summed E-state index contributed by atoms with van der Waals surface area (Å²) in [7, 11) is 0. The van der Waals surface area contributed by atoms with Crippen molar-refractivity contribution in [3.8, 4) is 0 Å². The second kappa shape index (κ2) is 5.42. The molecule has 2 aliphatic rings. The molecule has 2 N–H and O–H groups in total. The zero-order chi connectivity index (χ0) is 15.1. The normalized spacial score (nSPS) is 30.4. The molecule has 3 rings (SSSR count). The van der Waals surface area contributed by atoms with E-state index in [-0.39, 0.29) is 18.1 Å². The van der Waals surface area contributed by atoms with Crippen molar-refractivity contribution in [2.45, 2.75) is 32.0 Å². The maximum absolute atomic E-state index is 12.5. The van der Waals surface area contributed by atoms with Crippen molar-refractivity contribution in [3.05, 3.63) is 28.2 Å². The summed E-state index contributed by atoms with van der Waals surface area (Å²) in [6, 6.07) is 5.61. The third-order valence-electron chi connectivity index (χ3n) is 4.24. The fourth-order valence-corrected chi connectivity index (χ4v) is 3.85. The summed E-state index contributed by atoms with van der Waals surface area (Å²) in [4.78, 5) is 23.9. The molecular weight excluding hydrogens is 338 g/mol. The molecule has 1 aromatic rings. The lowest BCUT2D eigenvalue weighted by molar-refractivity contribution is -0.147. The van der Waals surface area contributed by atoms with Crippen molar-refractivity contribution in [2.75, 3.05) is 5.32 Å². The van der Waals surface area contributed by atoms with Crippen LogP contribution in [0.4, 0.5) is 5.69 Å². The molecule has 2 bridgehead atoms. The Hall–Kier alpha value is -1.40. The first kappa shape index (κ1) is 14.5. The SMILES string of the molecule is Cc1ccc(NC(=O)[C@H]2[C@@H](C(=O)O)[C@@H]3CC[C@@H]2O3)c(Br)c1. The van der Waals surface area contributed by atoms with Crippen LogP contribution in [0.15, 0.2) is 22.7 Å². The summed E-state index contributed by atoms with van der Waals surface area (Å²) >= 11 is 3.41. The van der Waals surface area contributed by atoms with Crippen LogP contribution in [0.5, 0.6) is 0 Å². The number of anilines is 1. The number of aryl methyl sites for hydroxylation is 1. The number of carbonyl (C=O) groups excluding carboxylic acids is 1. The molecule has 0 aliphatic carbocycles. The predicted molar refractivity (Wildman–Crippen MR) is 80.0 cm³/mol. The number of hydrogen-bond acceptors (Lipinski definition) is 3. The molecule has 2 aliphatic heterocycles. The molecule has 21 heavy (non-hydrogen) atoms. The Bertz CT molecular complexity index is 603. The summed E-state index contributed by atoms with van der Waals surface area (Å²) in [5.74, 6) is -2.59. The minimum absolute atomic E-state index is 0.277. The average Bonchev–Trinajstić information content (AvgIpc) is 3.02. The van der Waals surface area contributed by atoms with Crippen LogP contribution in [0.3, 0.4) is 0 Å². The average molecular weight is 354 g/mol. The van der Waals surface area contributed by atoms with Crippen LogP contribution in [0, 0.1) is 18.8 Å². The lowest BCUT2D eigenvalue weighted by Gasteiger charge is -2.24. The van der Waals surface area contributed by atoms with Crippen molar-refractivity contribution in [1.82, 2.24) is 0 Å². The second-order valence-corrected chi connectivity index (χ2v) is 6.51. The molecule has 1 amide bonds. The number of halogens is 1. The van der Waals surface area contributed by atoms with Gasteiger partial charge in [0.1, 0.15) is 0 Å². The van der Waals surface area contributed by atoms with E-state index in [4.69, 9.17) is 4.74 Å². The van der Waals surface area contributed by atoms with Crippen molar-refractivity contribution in [2.24, 2.45) is 11.8 Å². The fourth-order valence-electron chi connectivity index (χ4n) is 3.26. The maximum atomic E-state index is 12.5. The number of ether oxygens (including phenoxy) is 1. The summed E-state index contributed by atoms with van der Waals surface area (Å²) in [5.41, 5.74) is 1.73. The highest BCUT2D eigenvalue weighted by atomic mass is 79.9. The molecule has 0 radical (unpaired) electrons. The topological polar surface area (TPSA) is 75.6 Å². The van der Waals surface area contributed by atoms with E-state index < -0.39 is 17.8 Å². The van der Waals surface area contributed by atoms with Crippen molar-refractivity contribution >= 4 is 33.5 Å². The van der Waals surface area contributed by atoms with Gasteiger partial charge in [0.15, 0.2) is 0 Å². The Morgan fingerprint density at radius 3 is 2.57 bits per heavy atom. The van der Waals surface area contributed by atoms with Crippen LogP contribution < -0.4 is 5.32 Å². The van der Waals surface area contributed by atoms with E-state index in [1.807, 2.05) is 19.1 Å². The van der Waals surface area contributed by atoms with Crippen LogP contribution in [0.1, 0.15) is 18.4 Å². The number of amides is 1. The number of carboxylic acid groups (broad SMARTS) is 1. The van der Waals surface area contributed by atoms with Crippen LogP contribution >= 0.6 is 15.9 Å². The third kappa shape index (κ3) is 2.58. The smallest absolute Gasteiger partial charge is 0.310 e. The molecule has 0 saturated carbocycles. The minimum Gasteiger partial charge on any atom is -0.481 e. The number of hydrogen-bond donors (Lipinski definition) is 2. The van der Waals surface area contributed by atoms with Gasteiger partial charge in [-0.05, 0) is 53.4 Å². The molecule has 6 heteroatoms. The first-order valence-electron chi connectivity index (χ1n) is 6.92. The summed E-state index contributed by atoms with van der Waals surface area (Å²) < 4.78 is 6.40. The molecule has 0 aromatic heterocycles. The van der Waals surface area contributed by atoms with E-state index in [2.05, 4.69) is 21.2 Å². The molecular formula is C15H16BrNO4. The Kier molecular flexibility index (Phi) is 3.75. The molecule has 1 aromatic carbocycles. The molecule has 0 unspecified atom stereocenters. The first-order chi connectivity index (χ1) is 9.97. The zero-order valence-corrected chi connectivity index (χ0v) is 13.1. The maximum Gasteiger partial charge on any atom is 0.310 e. The Morgan fingerprint density at radius 2 is 1.95 bits per heavy atom. The van der Waals surface area contributed by atoms with Gasteiger partial charge in [-0.1, -0.05) is 6.07 Å². The van der Waals surface area contributed by atoms with Gasteiger partial charge in [0.25, 0.3) is 0 Å². The molecule has 4 atom stereocenters. The van der Waals surface area contributed by atoms with Crippen molar-refractivity contribution < 1.29 is 19.4 Å². The van der Waals surface area contributed by atoms with Gasteiger partial charge in [-0.2, -0.15) is 0 Å². The lowest BCUT2D eigenvalue weighted by Crippen LogP contribution is -2.41. The van der Waals surface area contributed by atoms with Gasteiger partial charge in [-0.15, -0.1) is 0 Å². The van der Waals surface area contributed by atoms with E-state index >= 15 is 0 Å². The largest absolute Gasteiger partial charge is 0.481 e. The van der Waals surface area contributed by atoms with Crippen molar-refractivity contribution in [3.63, 3.8) is 0 Å².